The molecule has 0 aromatic heterocycles. The van der Waals surface area contributed by atoms with E-state index in [4.69, 9.17) is 9.84 Å². The Balaban J connectivity index is 2.68. The maximum absolute atomic E-state index is 12.3. The number of likely N-dealkylation sites (N-methyl/N-ethyl adjacent to an activating group) is 1. The third-order valence-electron chi connectivity index (χ3n) is 3.67. The minimum Gasteiger partial charge on any atom is -0.480 e. The zero-order valence-corrected chi connectivity index (χ0v) is 13.3. The average Bonchev–Trinajstić information content (AvgIpc) is 2.45. The molecule has 1 heterocycles. The van der Waals surface area contributed by atoms with Crippen LogP contribution in [0.4, 0.5) is 0 Å². The van der Waals surface area contributed by atoms with Gasteiger partial charge in [-0.05, 0) is 26.7 Å². The predicted octanol–water partition coefficient (Wildman–Crippen LogP) is -0.0888. The molecule has 21 heavy (non-hydrogen) atoms. The van der Waals surface area contributed by atoms with E-state index in [0.717, 1.165) is 4.31 Å². The van der Waals surface area contributed by atoms with Crippen molar-refractivity contribution in [1.82, 2.24) is 8.61 Å². The number of ether oxygens (including phenoxy) is 1. The Hall–Kier alpha value is -1.19. The minimum absolute atomic E-state index is 0.183. The molecule has 1 aliphatic heterocycles. The molecule has 8 nitrogen and oxygen atoms in total. The lowest BCUT2D eigenvalue weighted by Crippen LogP contribution is -2.50. The van der Waals surface area contributed by atoms with Gasteiger partial charge in [-0.3, -0.25) is 9.59 Å². The number of piperidine rings is 1. The Morgan fingerprint density at radius 3 is 2.33 bits per heavy atom. The maximum atomic E-state index is 12.3. The number of carbonyl (C=O) groups excluding carboxylic acids is 1. The molecule has 0 aromatic carbocycles. The van der Waals surface area contributed by atoms with Crippen LogP contribution in [-0.4, -0.2) is 66.9 Å². The average molecular weight is 322 g/mol. The highest BCUT2D eigenvalue weighted by Crippen LogP contribution is 2.22. The first-order valence-corrected chi connectivity index (χ1v) is 8.24. The minimum atomic E-state index is -3.83. The number of carboxylic acids is 1. The smallest absolute Gasteiger partial charge is 0.321 e. The summed E-state index contributed by atoms with van der Waals surface area (Å²) in [6.45, 7) is 3.70. The van der Waals surface area contributed by atoms with E-state index in [2.05, 4.69) is 0 Å². The Bertz CT molecular complexity index is 484. The van der Waals surface area contributed by atoms with E-state index in [1.54, 1.807) is 6.92 Å². The molecule has 0 aliphatic carbocycles. The highest BCUT2D eigenvalue weighted by Gasteiger charge is 2.37. The number of carboxylic acid groups (broad SMARTS) is 1. The van der Waals surface area contributed by atoms with Crippen molar-refractivity contribution in [3.8, 4) is 0 Å². The highest BCUT2D eigenvalue weighted by molar-refractivity contribution is 7.86. The Morgan fingerprint density at radius 2 is 1.90 bits per heavy atom. The first-order chi connectivity index (χ1) is 9.71. The van der Waals surface area contributed by atoms with E-state index in [1.165, 1.54) is 18.3 Å². The van der Waals surface area contributed by atoms with Crippen LogP contribution in [-0.2, 0) is 24.5 Å². The van der Waals surface area contributed by atoms with Crippen LogP contribution in [0.15, 0.2) is 0 Å². The topological polar surface area (TPSA) is 104 Å². The molecule has 1 atom stereocenters. The fraction of sp³-hybridized carbons (Fsp3) is 0.833. The van der Waals surface area contributed by atoms with Gasteiger partial charge in [0.2, 0.25) is 0 Å². The second-order valence-electron chi connectivity index (χ2n) is 4.96. The predicted molar refractivity (Wildman–Crippen MR) is 74.7 cm³/mol. The van der Waals surface area contributed by atoms with Crippen LogP contribution in [0, 0.1) is 5.92 Å². The van der Waals surface area contributed by atoms with E-state index in [0.29, 0.717) is 19.4 Å². The first kappa shape index (κ1) is 17.9. The number of rotatable bonds is 6. The molecule has 0 saturated carbocycles. The molecule has 0 radical (unpaired) electrons. The van der Waals surface area contributed by atoms with Gasteiger partial charge in [0, 0.05) is 20.1 Å². The number of esters is 1. The van der Waals surface area contributed by atoms with Gasteiger partial charge in [0.05, 0.1) is 12.5 Å². The Kier molecular flexibility index (Phi) is 6.11. The van der Waals surface area contributed by atoms with Crippen molar-refractivity contribution in [3.63, 3.8) is 0 Å². The summed E-state index contributed by atoms with van der Waals surface area (Å²) >= 11 is 0. The van der Waals surface area contributed by atoms with Crippen LogP contribution in [0.3, 0.4) is 0 Å². The van der Waals surface area contributed by atoms with Crippen LogP contribution >= 0.6 is 0 Å². The molecule has 0 spiro atoms. The molecule has 1 rings (SSSR count). The van der Waals surface area contributed by atoms with Crippen molar-refractivity contribution in [1.29, 1.82) is 0 Å². The standard InChI is InChI=1S/C12H22N2O6S/c1-4-20-12(17)10-5-7-14(8-6-10)21(18,19)13(3)9(2)11(15)16/h9-10H,4-8H2,1-3H3,(H,15,16). The van der Waals surface area contributed by atoms with Gasteiger partial charge in [-0.1, -0.05) is 0 Å². The van der Waals surface area contributed by atoms with Crippen molar-refractivity contribution in [2.24, 2.45) is 5.92 Å². The monoisotopic (exact) mass is 322 g/mol. The van der Waals surface area contributed by atoms with Gasteiger partial charge in [-0.2, -0.15) is 17.0 Å². The van der Waals surface area contributed by atoms with Gasteiger partial charge in [0.25, 0.3) is 10.2 Å². The molecule has 1 fully saturated rings. The van der Waals surface area contributed by atoms with Gasteiger partial charge in [0.1, 0.15) is 6.04 Å². The molecule has 0 bridgehead atoms. The second-order valence-corrected chi connectivity index (χ2v) is 6.95. The zero-order valence-electron chi connectivity index (χ0n) is 12.5. The number of hydrogen-bond acceptors (Lipinski definition) is 5. The van der Waals surface area contributed by atoms with Gasteiger partial charge in [-0.15, -0.1) is 0 Å². The molecule has 122 valence electrons. The Morgan fingerprint density at radius 1 is 1.38 bits per heavy atom. The fourth-order valence-corrected chi connectivity index (χ4v) is 3.65. The van der Waals surface area contributed by atoms with Crippen LogP contribution in [0.2, 0.25) is 0 Å². The van der Waals surface area contributed by atoms with Gasteiger partial charge >= 0.3 is 11.9 Å². The van der Waals surface area contributed by atoms with Crippen molar-refractivity contribution in [3.05, 3.63) is 0 Å². The number of nitrogens with zero attached hydrogens (tertiary/aromatic N) is 2. The molecule has 1 saturated heterocycles. The van der Waals surface area contributed by atoms with Crippen molar-refractivity contribution >= 4 is 22.1 Å². The van der Waals surface area contributed by atoms with Crippen molar-refractivity contribution in [2.45, 2.75) is 32.7 Å². The summed E-state index contributed by atoms with van der Waals surface area (Å²) in [5.41, 5.74) is 0. The van der Waals surface area contributed by atoms with Crippen molar-refractivity contribution in [2.75, 3.05) is 26.7 Å². The van der Waals surface area contributed by atoms with E-state index in [-0.39, 0.29) is 25.0 Å². The van der Waals surface area contributed by atoms with E-state index < -0.39 is 22.2 Å². The summed E-state index contributed by atoms with van der Waals surface area (Å²) in [5.74, 6) is -1.80. The normalized spacial score (nSPS) is 19.4. The third-order valence-corrected chi connectivity index (χ3v) is 5.73. The number of hydrogen-bond donors (Lipinski definition) is 1. The van der Waals surface area contributed by atoms with Crippen LogP contribution in [0.25, 0.3) is 0 Å². The SMILES string of the molecule is CCOC(=O)C1CCN(S(=O)(=O)N(C)C(C)C(=O)O)CC1. The maximum Gasteiger partial charge on any atom is 0.321 e. The molecule has 0 aromatic rings. The summed E-state index contributed by atoms with van der Waals surface area (Å²) in [7, 11) is -2.59. The van der Waals surface area contributed by atoms with Gasteiger partial charge in [-0.25, -0.2) is 0 Å². The summed E-state index contributed by atoms with van der Waals surface area (Å²) in [6, 6.07) is -1.14. The van der Waals surface area contributed by atoms with E-state index in [9.17, 15) is 18.0 Å². The lowest BCUT2D eigenvalue weighted by Gasteiger charge is -2.33. The molecule has 1 aliphatic rings. The molecule has 1 N–H and O–H groups in total. The lowest BCUT2D eigenvalue weighted by atomic mass is 9.98. The Labute approximate surface area is 124 Å². The molecular formula is C12H22N2O6S. The van der Waals surface area contributed by atoms with E-state index in [1.807, 2.05) is 0 Å². The second kappa shape index (κ2) is 7.19. The fourth-order valence-electron chi connectivity index (χ4n) is 2.12. The summed E-state index contributed by atoms with van der Waals surface area (Å²) < 4.78 is 31.6. The van der Waals surface area contributed by atoms with Crippen molar-refractivity contribution < 1.29 is 27.9 Å². The zero-order chi connectivity index (χ0) is 16.2. The summed E-state index contributed by atoms with van der Waals surface area (Å²) in [4.78, 5) is 22.5. The molecule has 0 amide bonds. The quantitative estimate of drug-likeness (QED) is 0.685. The van der Waals surface area contributed by atoms with Crippen LogP contribution in [0.1, 0.15) is 26.7 Å². The van der Waals surface area contributed by atoms with E-state index >= 15 is 0 Å². The molecule has 1 unspecified atom stereocenters. The van der Waals surface area contributed by atoms with Gasteiger partial charge in [0.15, 0.2) is 0 Å². The lowest BCUT2D eigenvalue weighted by molar-refractivity contribution is -0.149. The third kappa shape index (κ3) is 4.14. The first-order valence-electron chi connectivity index (χ1n) is 6.84. The molecule has 9 heteroatoms. The number of aliphatic carboxylic acids is 1. The largest absolute Gasteiger partial charge is 0.480 e. The molecular weight excluding hydrogens is 300 g/mol. The summed E-state index contributed by atoms with van der Waals surface area (Å²) in [6.07, 6.45) is 0.765. The van der Waals surface area contributed by atoms with Crippen LogP contribution in [0.5, 0.6) is 0 Å². The summed E-state index contributed by atoms with van der Waals surface area (Å²) in [5, 5.41) is 8.90. The highest BCUT2D eigenvalue weighted by atomic mass is 32.2. The number of carbonyl (C=O) groups is 2. The van der Waals surface area contributed by atoms with Crippen LogP contribution < -0.4 is 0 Å². The van der Waals surface area contributed by atoms with Gasteiger partial charge < -0.3 is 9.84 Å².